The van der Waals surface area contributed by atoms with E-state index in [4.69, 9.17) is 9.47 Å². The molecular weight excluding hydrogens is 232 g/mol. The predicted molar refractivity (Wildman–Crippen MR) is 67.1 cm³/mol. The van der Waals surface area contributed by atoms with E-state index in [9.17, 15) is 9.59 Å². The van der Waals surface area contributed by atoms with E-state index >= 15 is 0 Å². The van der Waals surface area contributed by atoms with E-state index in [-0.39, 0.29) is 12.4 Å². The lowest BCUT2D eigenvalue weighted by atomic mass is 9.96. The van der Waals surface area contributed by atoms with Crippen LogP contribution < -0.4 is 0 Å². The SMILES string of the molecule is CCCOC(=O)CC(C(=O)OC)c1ccccc1. The third kappa shape index (κ3) is 4.20. The van der Waals surface area contributed by atoms with E-state index in [2.05, 4.69) is 0 Å². The molecule has 0 bridgehead atoms. The second-order valence-corrected chi connectivity index (χ2v) is 3.91. The zero-order valence-corrected chi connectivity index (χ0v) is 10.7. The molecule has 0 aliphatic carbocycles. The Hall–Kier alpha value is -1.84. The lowest BCUT2D eigenvalue weighted by Crippen LogP contribution is -2.19. The molecule has 0 saturated heterocycles. The van der Waals surface area contributed by atoms with Crippen LogP contribution in [0.5, 0.6) is 0 Å². The molecule has 0 heterocycles. The standard InChI is InChI=1S/C14H18O4/c1-3-9-18-13(15)10-12(14(16)17-2)11-7-5-4-6-8-11/h4-8,12H,3,9-10H2,1-2H3. The van der Waals surface area contributed by atoms with Crippen LogP contribution >= 0.6 is 0 Å². The molecule has 0 amide bonds. The van der Waals surface area contributed by atoms with Crippen molar-refractivity contribution in [1.82, 2.24) is 0 Å². The minimum Gasteiger partial charge on any atom is -0.469 e. The van der Waals surface area contributed by atoms with Crippen molar-refractivity contribution in [2.24, 2.45) is 0 Å². The van der Waals surface area contributed by atoms with Crippen LogP contribution in [0.3, 0.4) is 0 Å². The summed E-state index contributed by atoms with van der Waals surface area (Å²) in [5.41, 5.74) is 0.762. The highest BCUT2D eigenvalue weighted by molar-refractivity contribution is 5.84. The Morgan fingerprint density at radius 1 is 1.22 bits per heavy atom. The number of carbonyl (C=O) groups is 2. The largest absolute Gasteiger partial charge is 0.469 e. The molecule has 1 aromatic rings. The highest BCUT2D eigenvalue weighted by atomic mass is 16.5. The van der Waals surface area contributed by atoms with Crippen molar-refractivity contribution in [3.05, 3.63) is 35.9 Å². The van der Waals surface area contributed by atoms with E-state index in [1.54, 1.807) is 12.1 Å². The smallest absolute Gasteiger partial charge is 0.313 e. The van der Waals surface area contributed by atoms with E-state index in [1.807, 2.05) is 25.1 Å². The number of hydrogen-bond acceptors (Lipinski definition) is 4. The van der Waals surface area contributed by atoms with Gasteiger partial charge in [-0.3, -0.25) is 9.59 Å². The summed E-state index contributed by atoms with van der Waals surface area (Å²) < 4.78 is 9.72. The van der Waals surface area contributed by atoms with Crippen LogP contribution in [-0.4, -0.2) is 25.7 Å². The Morgan fingerprint density at radius 3 is 2.44 bits per heavy atom. The lowest BCUT2D eigenvalue weighted by Gasteiger charge is -2.14. The summed E-state index contributed by atoms with van der Waals surface area (Å²) in [4.78, 5) is 23.3. The Kier molecular flexibility index (Phi) is 5.91. The summed E-state index contributed by atoms with van der Waals surface area (Å²) >= 11 is 0. The second kappa shape index (κ2) is 7.48. The van der Waals surface area contributed by atoms with Crippen LogP contribution in [-0.2, 0) is 19.1 Å². The number of methoxy groups -OCH3 is 1. The van der Waals surface area contributed by atoms with Crippen molar-refractivity contribution in [3.63, 3.8) is 0 Å². The average Bonchev–Trinajstić information content (AvgIpc) is 2.42. The van der Waals surface area contributed by atoms with Crippen molar-refractivity contribution >= 4 is 11.9 Å². The zero-order valence-electron chi connectivity index (χ0n) is 10.7. The van der Waals surface area contributed by atoms with Crippen molar-refractivity contribution in [3.8, 4) is 0 Å². The van der Waals surface area contributed by atoms with E-state index in [0.29, 0.717) is 6.61 Å². The quantitative estimate of drug-likeness (QED) is 0.727. The Bertz CT molecular complexity index is 386. The van der Waals surface area contributed by atoms with Gasteiger partial charge in [-0.1, -0.05) is 37.3 Å². The highest BCUT2D eigenvalue weighted by Crippen LogP contribution is 2.21. The third-order valence-corrected chi connectivity index (χ3v) is 2.53. The van der Waals surface area contributed by atoms with Crippen LogP contribution in [0.2, 0.25) is 0 Å². The minimum absolute atomic E-state index is 0.0106. The molecule has 1 aromatic carbocycles. The van der Waals surface area contributed by atoms with Gasteiger partial charge >= 0.3 is 11.9 Å². The first-order chi connectivity index (χ1) is 8.69. The molecule has 1 rings (SSSR count). The fraction of sp³-hybridized carbons (Fsp3) is 0.429. The fourth-order valence-corrected chi connectivity index (χ4v) is 1.61. The highest BCUT2D eigenvalue weighted by Gasteiger charge is 2.25. The van der Waals surface area contributed by atoms with Gasteiger partial charge < -0.3 is 9.47 Å². The molecule has 1 atom stereocenters. The molecule has 4 nitrogen and oxygen atoms in total. The van der Waals surface area contributed by atoms with Gasteiger partial charge in [0.25, 0.3) is 0 Å². The molecule has 4 heteroatoms. The zero-order chi connectivity index (χ0) is 13.4. The number of benzene rings is 1. The Balaban J connectivity index is 2.74. The first kappa shape index (κ1) is 14.2. The van der Waals surface area contributed by atoms with Crippen LogP contribution in [0.1, 0.15) is 31.2 Å². The van der Waals surface area contributed by atoms with Gasteiger partial charge in [0.05, 0.1) is 26.1 Å². The van der Waals surface area contributed by atoms with Crippen molar-refractivity contribution < 1.29 is 19.1 Å². The first-order valence-corrected chi connectivity index (χ1v) is 5.97. The lowest BCUT2D eigenvalue weighted by molar-refractivity contribution is -0.150. The molecule has 98 valence electrons. The van der Waals surface area contributed by atoms with E-state index in [1.165, 1.54) is 7.11 Å². The molecule has 0 aromatic heterocycles. The van der Waals surface area contributed by atoms with Gasteiger partial charge in [-0.15, -0.1) is 0 Å². The first-order valence-electron chi connectivity index (χ1n) is 5.97. The van der Waals surface area contributed by atoms with Crippen LogP contribution in [0, 0.1) is 0 Å². The van der Waals surface area contributed by atoms with Gasteiger partial charge in [-0.25, -0.2) is 0 Å². The van der Waals surface area contributed by atoms with Gasteiger partial charge in [0.2, 0.25) is 0 Å². The monoisotopic (exact) mass is 250 g/mol. The van der Waals surface area contributed by atoms with Crippen molar-refractivity contribution in [2.45, 2.75) is 25.7 Å². The Labute approximate surface area is 107 Å². The van der Waals surface area contributed by atoms with Gasteiger partial charge in [-0.2, -0.15) is 0 Å². The Morgan fingerprint density at radius 2 is 1.89 bits per heavy atom. The topological polar surface area (TPSA) is 52.6 Å². The van der Waals surface area contributed by atoms with Crippen molar-refractivity contribution in [2.75, 3.05) is 13.7 Å². The minimum atomic E-state index is -0.597. The summed E-state index contributed by atoms with van der Waals surface area (Å²) in [5, 5.41) is 0. The predicted octanol–water partition coefficient (Wildman–Crippen LogP) is 2.29. The third-order valence-electron chi connectivity index (χ3n) is 2.53. The van der Waals surface area contributed by atoms with E-state index in [0.717, 1.165) is 12.0 Å². The van der Waals surface area contributed by atoms with Crippen molar-refractivity contribution in [1.29, 1.82) is 0 Å². The molecule has 0 radical (unpaired) electrons. The van der Waals surface area contributed by atoms with Gasteiger partial charge in [-0.05, 0) is 12.0 Å². The molecule has 0 spiro atoms. The molecule has 0 N–H and O–H groups in total. The summed E-state index contributed by atoms with van der Waals surface area (Å²) in [7, 11) is 1.32. The molecule has 0 saturated carbocycles. The normalized spacial score (nSPS) is 11.7. The van der Waals surface area contributed by atoms with Crippen LogP contribution in [0.15, 0.2) is 30.3 Å². The summed E-state index contributed by atoms with van der Waals surface area (Å²) in [6, 6.07) is 9.10. The fourth-order valence-electron chi connectivity index (χ4n) is 1.61. The maximum Gasteiger partial charge on any atom is 0.313 e. The van der Waals surface area contributed by atoms with E-state index < -0.39 is 11.9 Å². The van der Waals surface area contributed by atoms with Gasteiger partial charge in [0, 0.05) is 0 Å². The maximum absolute atomic E-state index is 11.7. The summed E-state index contributed by atoms with van der Waals surface area (Å²) in [6.45, 7) is 2.30. The van der Waals surface area contributed by atoms with Crippen LogP contribution in [0.25, 0.3) is 0 Å². The number of rotatable bonds is 6. The average molecular weight is 250 g/mol. The molecular formula is C14H18O4. The number of hydrogen-bond donors (Lipinski definition) is 0. The van der Waals surface area contributed by atoms with Crippen LogP contribution in [0.4, 0.5) is 0 Å². The number of esters is 2. The molecule has 18 heavy (non-hydrogen) atoms. The second-order valence-electron chi connectivity index (χ2n) is 3.91. The number of ether oxygens (including phenoxy) is 2. The van der Waals surface area contributed by atoms with Gasteiger partial charge in [0.1, 0.15) is 0 Å². The maximum atomic E-state index is 11.7. The summed E-state index contributed by atoms with van der Waals surface area (Å²) in [6.07, 6.45) is 0.774. The summed E-state index contributed by atoms with van der Waals surface area (Å²) in [5.74, 6) is -1.40. The van der Waals surface area contributed by atoms with Gasteiger partial charge in [0.15, 0.2) is 0 Å². The molecule has 1 unspecified atom stereocenters. The number of carbonyl (C=O) groups excluding carboxylic acids is 2. The molecule has 0 fully saturated rings. The molecule has 0 aliphatic heterocycles. The molecule has 0 aliphatic rings.